The number of ether oxygens (including phenoxy) is 2. The number of nitrogens with one attached hydrogen (secondary N) is 1. The van der Waals surface area contributed by atoms with Gasteiger partial charge in [0.05, 0.1) is 12.2 Å². The molecule has 40 heavy (non-hydrogen) atoms. The van der Waals surface area contributed by atoms with Gasteiger partial charge in [-0.1, -0.05) is 109 Å². The van der Waals surface area contributed by atoms with Crippen molar-refractivity contribution in [1.29, 1.82) is 0 Å². The van der Waals surface area contributed by atoms with Crippen molar-refractivity contribution >= 4 is 11.9 Å². The Balaban J connectivity index is 1.49. The number of rotatable bonds is 10. The highest BCUT2D eigenvalue weighted by molar-refractivity contribution is 5.90. The first-order valence-electron chi connectivity index (χ1n) is 13.3. The summed E-state index contributed by atoms with van der Waals surface area (Å²) >= 11 is 0. The Labute approximate surface area is 234 Å². The molecule has 2 N–H and O–H groups in total. The molecule has 5 rings (SSSR count). The molecular formula is C33H32N2O5. The van der Waals surface area contributed by atoms with E-state index in [9.17, 15) is 14.7 Å². The maximum atomic E-state index is 13.7. The van der Waals surface area contributed by atoms with Crippen LogP contribution in [0.25, 0.3) is 0 Å². The predicted molar refractivity (Wildman–Crippen MR) is 151 cm³/mol. The summed E-state index contributed by atoms with van der Waals surface area (Å²) in [6.07, 6.45) is -4.40. The van der Waals surface area contributed by atoms with E-state index < -0.39 is 36.4 Å². The van der Waals surface area contributed by atoms with Crippen molar-refractivity contribution in [2.24, 2.45) is 0 Å². The minimum Gasteiger partial charge on any atom is -0.452 e. The largest absolute Gasteiger partial charge is 0.452 e. The zero-order valence-corrected chi connectivity index (χ0v) is 22.0. The fourth-order valence-corrected chi connectivity index (χ4v) is 4.84. The lowest BCUT2D eigenvalue weighted by Crippen LogP contribution is -2.69. The lowest BCUT2D eigenvalue weighted by molar-refractivity contribution is -0.192. The number of hydrogen-bond donors (Lipinski definition) is 2. The second-order valence-electron chi connectivity index (χ2n) is 9.71. The molecule has 1 amide bonds. The smallest absolute Gasteiger partial charge is 0.338 e. The molecule has 0 aromatic heterocycles. The van der Waals surface area contributed by atoms with Crippen LogP contribution in [-0.2, 0) is 34.0 Å². The van der Waals surface area contributed by atoms with E-state index in [0.29, 0.717) is 12.1 Å². The van der Waals surface area contributed by atoms with Crippen molar-refractivity contribution in [1.82, 2.24) is 10.2 Å². The second kappa shape index (κ2) is 13.2. The molecular weight excluding hydrogens is 504 g/mol. The number of piperidine rings is 1. The number of nitrogens with zero attached hydrogens (tertiary/aromatic N) is 1. The maximum Gasteiger partial charge on any atom is 0.338 e. The number of aliphatic hydroxyl groups is 1. The summed E-state index contributed by atoms with van der Waals surface area (Å²) in [5.41, 5.74) is 3.12. The lowest BCUT2D eigenvalue weighted by Gasteiger charge is -2.46. The zero-order valence-electron chi connectivity index (χ0n) is 22.0. The number of likely N-dealkylation sites (tertiary alicyclic amines) is 1. The number of carbonyl (C=O) groups excluding carboxylic acids is 2. The van der Waals surface area contributed by atoms with Gasteiger partial charge in [0.2, 0.25) is 0 Å². The first kappa shape index (κ1) is 27.3. The number of carbonyl (C=O) groups is 2. The van der Waals surface area contributed by atoms with Gasteiger partial charge < -0.3 is 19.5 Å². The molecule has 0 radical (unpaired) electrons. The van der Waals surface area contributed by atoms with E-state index in [-0.39, 0.29) is 13.2 Å². The van der Waals surface area contributed by atoms with Gasteiger partial charge in [-0.15, -0.1) is 0 Å². The van der Waals surface area contributed by atoms with Gasteiger partial charge in [-0.05, 0) is 28.8 Å². The van der Waals surface area contributed by atoms with E-state index in [2.05, 4.69) is 5.32 Å². The Morgan fingerprint density at radius 3 is 1.85 bits per heavy atom. The summed E-state index contributed by atoms with van der Waals surface area (Å²) in [5, 5.41) is 14.7. The van der Waals surface area contributed by atoms with Gasteiger partial charge in [0.25, 0.3) is 5.91 Å². The van der Waals surface area contributed by atoms with E-state index >= 15 is 0 Å². The Hall–Kier alpha value is -4.30. The topological polar surface area (TPSA) is 88.1 Å². The Morgan fingerprint density at radius 1 is 0.725 bits per heavy atom. The third-order valence-electron chi connectivity index (χ3n) is 6.91. The molecule has 7 heteroatoms. The van der Waals surface area contributed by atoms with Crippen molar-refractivity contribution in [2.45, 2.75) is 44.2 Å². The van der Waals surface area contributed by atoms with Crippen LogP contribution in [0.3, 0.4) is 0 Å². The fourth-order valence-electron chi connectivity index (χ4n) is 4.84. The standard InChI is InChI=1S/C33H32N2O5/c36-28-29(39-23-26-17-9-3-10-18-26)30(40-33(38)27-19-11-4-12-20-27)31(34-21-24-13-5-1-6-14-24)35(32(28)37)22-25-15-7-2-8-16-25/h1-20,28-31,34,36H,21-23H2/t28-,29-,30+,31+/m0/s1. The van der Waals surface area contributed by atoms with E-state index in [0.717, 1.165) is 16.7 Å². The van der Waals surface area contributed by atoms with Crippen LogP contribution in [0.4, 0.5) is 0 Å². The van der Waals surface area contributed by atoms with Crippen LogP contribution >= 0.6 is 0 Å². The summed E-state index contributed by atoms with van der Waals surface area (Å²) in [6, 6.07) is 37.4. The van der Waals surface area contributed by atoms with Crippen LogP contribution in [-0.4, -0.2) is 46.4 Å². The number of esters is 1. The molecule has 0 unspecified atom stereocenters. The first-order chi connectivity index (χ1) is 19.6. The number of amides is 1. The lowest BCUT2D eigenvalue weighted by atomic mass is 9.95. The summed E-state index contributed by atoms with van der Waals surface area (Å²) in [5.74, 6) is -1.06. The molecule has 0 aliphatic carbocycles. The minimum absolute atomic E-state index is 0.138. The van der Waals surface area contributed by atoms with Gasteiger partial charge in [0.1, 0.15) is 12.3 Å². The van der Waals surface area contributed by atoms with E-state index in [1.54, 1.807) is 24.3 Å². The molecule has 1 aliphatic rings. The molecule has 4 aromatic carbocycles. The summed E-state index contributed by atoms with van der Waals surface area (Å²) in [4.78, 5) is 28.5. The molecule has 0 saturated carbocycles. The molecule has 1 fully saturated rings. The van der Waals surface area contributed by atoms with Crippen molar-refractivity contribution < 1.29 is 24.2 Å². The SMILES string of the molecule is O=C(O[C@@H]1[C@@H](OCc2ccccc2)[C@H](O)C(=O)N(Cc2ccccc2)[C@H]1NCc1ccccc1)c1ccccc1. The zero-order chi connectivity index (χ0) is 27.7. The Bertz CT molecular complexity index is 1370. The molecule has 0 spiro atoms. The summed E-state index contributed by atoms with van der Waals surface area (Å²) in [6.45, 7) is 0.762. The van der Waals surface area contributed by atoms with Crippen LogP contribution in [0.15, 0.2) is 121 Å². The highest BCUT2D eigenvalue weighted by Crippen LogP contribution is 2.28. The second-order valence-corrected chi connectivity index (χ2v) is 9.71. The Morgan fingerprint density at radius 2 is 1.25 bits per heavy atom. The van der Waals surface area contributed by atoms with E-state index in [1.165, 1.54) is 4.90 Å². The fraction of sp³-hybridized carbons (Fsp3) is 0.212. The van der Waals surface area contributed by atoms with Crippen LogP contribution in [0.2, 0.25) is 0 Å². The predicted octanol–water partition coefficient (Wildman–Crippen LogP) is 4.32. The quantitative estimate of drug-likeness (QED) is 0.294. The molecule has 1 aliphatic heterocycles. The highest BCUT2D eigenvalue weighted by Gasteiger charge is 2.51. The third-order valence-corrected chi connectivity index (χ3v) is 6.91. The molecule has 4 atom stereocenters. The van der Waals surface area contributed by atoms with Crippen LogP contribution < -0.4 is 5.32 Å². The van der Waals surface area contributed by atoms with Gasteiger partial charge >= 0.3 is 5.97 Å². The normalized spacial score (nSPS) is 20.7. The minimum atomic E-state index is -1.53. The molecule has 7 nitrogen and oxygen atoms in total. The first-order valence-corrected chi connectivity index (χ1v) is 13.3. The third kappa shape index (κ3) is 6.63. The Kier molecular flexibility index (Phi) is 8.98. The van der Waals surface area contributed by atoms with Crippen molar-refractivity contribution in [3.63, 3.8) is 0 Å². The summed E-state index contributed by atoms with van der Waals surface area (Å²) < 4.78 is 12.3. The summed E-state index contributed by atoms with van der Waals surface area (Å²) in [7, 11) is 0. The molecule has 4 aromatic rings. The molecule has 1 heterocycles. The monoisotopic (exact) mass is 536 g/mol. The average molecular weight is 537 g/mol. The van der Waals surface area contributed by atoms with Crippen LogP contribution in [0.1, 0.15) is 27.0 Å². The van der Waals surface area contributed by atoms with Crippen LogP contribution in [0.5, 0.6) is 0 Å². The molecule has 204 valence electrons. The number of benzene rings is 4. The maximum absolute atomic E-state index is 13.7. The van der Waals surface area contributed by atoms with Crippen molar-refractivity contribution in [3.8, 4) is 0 Å². The van der Waals surface area contributed by atoms with Gasteiger partial charge in [-0.2, -0.15) is 0 Å². The average Bonchev–Trinajstić information content (AvgIpc) is 3.01. The molecule has 0 bridgehead atoms. The van der Waals surface area contributed by atoms with Gasteiger partial charge in [-0.25, -0.2) is 4.79 Å². The number of aliphatic hydroxyl groups excluding tert-OH is 1. The molecule has 1 saturated heterocycles. The van der Waals surface area contributed by atoms with Gasteiger partial charge in [0, 0.05) is 13.1 Å². The van der Waals surface area contributed by atoms with E-state index in [1.807, 2.05) is 97.1 Å². The van der Waals surface area contributed by atoms with Crippen LogP contribution in [0, 0.1) is 0 Å². The van der Waals surface area contributed by atoms with Gasteiger partial charge in [0.15, 0.2) is 12.2 Å². The van der Waals surface area contributed by atoms with Crippen molar-refractivity contribution in [3.05, 3.63) is 144 Å². The highest BCUT2D eigenvalue weighted by atomic mass is 16.6. The van der Waals surface area contributed by atoms with E-state index in [4.69, 9.17) is 9.47 Å². The number of hydrogen-bond acceptors (Lipinski definition) is 6. The van der Waals surface area contributed by atoms with Crippen molar-refractivity contribution in [2.75, 3.05) is 0 Å². The van der Waals surface area contributed by atoms with Gasteiger partial charge in [-0.3, -0.25) is 10.1 Å².